The van der Waals surface area contributed by atoms with Gasteiger partial charge < -0.3 is 11.1 Å². The minimum absolute atomic E-state index is 0.180. The molecular weight excluding hydrogens is 252 g/mol. The Morgan fingerprint density at radius 2 is 1.80 bits per heavy atom. The molecule has 4 nitrogen and oxygen atoms in total. The Balaban J connectivity index is 1.90. The number of carbonyl (C=O) groups excluding carboxylic acids is 2. The smallest absolute Gasteiger partial charge is 0.248 e. The largest absolute Gasteiger partial charge is 0.366 e. The summed E-state index contributed by atoms with van der Waals surface area (Å²) in [6.45, 7) is 0.350. The molecule has 0 heterocycles. The first-order valence-electron chi connectivity index (χ1n) is 6.21. The van der Waals surface area contributed by atoms with Gasteiger partial charge in [-0.05, 0) is 23.3 Å². The fourth-order valence-corrected chi connectivity index (χ4v) is 1.78. The zero-order valence-corrected chi connectivity index (χ0v) is 10.9. The number of benzene rings is 2. The number of amides is 2. The highest BCUT2D eigenvalue weighted by molar-refractivity contribution is 5.93. The molecule has 20 heavy (non-hydrogen) atoms. The predicted octanol–water partition coefficient (Wildman–Crippen LogP) is 1.65. The monoisotopic (exact) mass is 267 g/mol. The molecule has 2 aromatic rings. The lowest BCUT2D eigenvalue weighted by atomic mass is 10.1. The highest BCUT2D eigenvalue weighted by Crippen LogP contribution is 2.05. The standard InChI is InChI=1S/C16H15N2O2/c17-16(20)14-8-4-7-13(9-14)11-18-15(19)10-12-5-2-1-3-6-12/h1-10H,11H2,(H2,17,20)(H,18,19). The molecule has 0 bridgehead atoms. The molecule has 0 aliphatic carbocycles. The van der Waals surface area contributed by atoms with Crippen LogP contribution in [-0.4, -0.2) is 11.8 Å². The Kier molecular flexibility index (Phi) is 4.50. The summed E-state index contributed by atoms with van der Waals surface area (Å²) in [5.41, 5.74) is 7.32. The van der Waals surface area contributed by atoms with E-state index in [2.05, 4.69) is 5.32 Å². The van der Waals surface area contributed by atoms with Crippen molar-refractivity contribution in [2.24, 2.45) is 5.73 Å². The van der Waals surface area contributed by atoms with Crippen molar-refractivity contribution in [1.29, 1.82) is 0 Å². The van der Waals surface area contributed by atoms with Crippen molar-refractivity contribution in [3.8, 4) is 0 Å². The Morgan fingerprint density at radius 1 is 1.05 bits per heavy atom. The molecule has 0 saturated carbocycles. The number of primary amides is 1. The average Bonchev–Trinajstić information content (AvgIpc) is 2.46. The maximum atomic E-state index is 11.7. The summed E-state index contributed by atoms with van der Waals surface area (Å²) in [4.78, 5) is 22.8. The Morgan fingerprint density at radius 3 is 2.50 bits per heavy atom. The zero-order valence-electron chi connectivity index (χ0n) is 10.9. The number of nitrogens with two attached hydrogens (primary N) is 1. The van der Waals surface area contributed by atoms with Crippen molar-refractivity contribution in [2.75, 3.05) is 0 Å². The zero-order chi connectivity index (χ0) is 14.4. The molecule has 0 atom stereocenters. The van der Waals surface area contributed by atoms with Gasteiger partial charge in [-0.25, -0.2) is 0 Å². The minimum Gasteiger partial charge on any atom is -0.366 e. The number of hydrogen-bond acceptors (Lipinski definition) is 2. The van der Waals surface area contributed by atoms with Gasteiger partial charge in [-0.1, -0.05) is 42.5 Å². The van der Waals surface area contributed by atoms with Gasteiger partial charge in [0.1, 0.15) is 0 Å². The summed E-state index contributed by atoms with van der Waals surface area (Å²) in [5.74, 6) is -0.658. The molecule has 0 aliphatic heterocycles. The van der Waals surface area contributed by atoms with Crippen LogP contribution in [-0.2, 0) is 11.3 Å². The normalized spacial score (nSPS) is 10.0. The first-order chi connectivity index (χ1) is 9.65. The molecule has 101 valence electrons. The van der Waals surface area contributed by atoms with Gasteiger partial charge in [-0.15, -0.1) is 0 Å². The SMILES string of the molecule is NC(=O)c1cccc(CNC(=O)[CH]c2ccccc2)c1. The van der Waals surface area contributed by atoms with E-state index in [1.54, 1.807) is 18.2 Å². The Bertz CT molecular complexity index is 609. The molecule has 0 saturated heterocycles. The number of hydrogen-bond donors (Lipinski definition) is 2. The van der Waals surface area contributed by atoms with Crippen LogP contribution in [0, 0.1) is 6.42 Å². The molecule has 2 aromatic carbocycles. The predicted molar refractivity (Wildman–Crippen MR) is 76.7 cm³/mol. The summed E-state index contributed by atoms with van der Waals surface area (Å²) in [6, 6.07) is 16.2. The molecule has 3 N–H and O–H groups in total. The van der Waals surface area contributed by atoms with E-state index < -0.39 is 5.91 Å². The van der Waals surface area contributed by atoms with Gasteiger partial charge in [0.2, 0.25) is 11.8 Å². The van der Waals surface area contributed by atoms with Gasteiger partial charge in [-0.2, -0.15) is 0 Å². The summed E-state index contributed by atoms with van der Waals surface area (Å²) >= 11 is 0. The van der Waals surface area contributed by atoms with E-state index >= 15 is 0 Å². The average molecular weight is 267 g/mol. The van der Waals surface area contributed by atoms with Crippen molar-refractivity contribution in [2.45, 2.75) is 6.54 Å². The molecule has 0 fully saturated rings. The lowest BCUT2D eigenvalue weighted by molar-refractivity contribution is -0.117. The summed E-state index contributed by atoms with van der Waals surface area (Å²) in [7, 11) is 0. The molecule has 4 heteroatoms. The lowest BCUT2D eigenvalue weighted by Crippen LogP contribution is -2.23. The highest BCUT2D eigenvalue weighted by atomic mass is 16.1. The molecule has 2 amide bonds. The van der Waals surface area contributed by atoms with E-state index in [0.29, 0.717) is 12.1 Å². The molecule has 2 rings (SSSR count). The van der Waals surface area contributed by atoms with Crippen molar-refractivity contribution in [1.82, 2.24) is 5.32 Å². The highest BCUT2D eigenvalue weighted by Gasteiger charge is 2.05. The first-order valence-corrected chi connectivity index (χ1v) is 6.21. The van der Waals surface area contributed by atoms with Gasteiger partial charge >= 0.3 is 0 Å². The Labute approximate surface area is 117 Å². The Hall–Kier alpha value is -2.62. The molecule has 0 aromatic heterocycles. The van der Waals surface area contributed by atoms with Gasteiger partial charge in [0, 0.05) is 12.1 Å². The first kappa shape index (κ1) is 13.8. The third-order valence-electron chi connectivity index (χ3n) is 2.78. The second kappa shape index (κ2) is 6.52. The van der Waals surface area contributed by atoms with E-state index in [4.69, 9.17) is 5.73 Å². The van der Waals surface area contributed by atoms with Crippen molar-refractivity contribution < 1.29 is 9.59 Å². The maximum absolute atomic E-state index is 11.7. The molecule has 0 aliphatic rings. The van der Waals surface area contributed by atoms with Crippen molar-refractivity contribution in [3.63, 3.8) is 0 Å². The van der Waals surface area contributed by atoms with Crippen LogP contribution in [0.5, 0.6) is 0 Å². The third-order valence-corrected chi connectivity index (χ3v) is 2.78. The molecule has 0 spiro atoms. The molecule has 1 radical (unpaired) electrons. The number of carbonyl (C=O) groups is 2. The summed E-state index contributed by atoms with van der Waals surface area (Å²) in [5, 5.41) is 2.77. The molecular formula is C16H15N2O2. The van der Waals surface area contributed by atoms with E-state index in [9.17, 15) is 9.59 Å². The van der Waals surface area contributed by atoms with Gasteiger partial charge in [-0.3, -0.25) is 9.59 Å². The fraction of sp³-hybridized carbons (Fsp3) is 0.0625. The van der Waals surface area contributed by atoms with Crippen LogP contribution in [0.4, 0.5) is 0 Å². The number of nitrogens with one attached hydrogen (secondary N) is 1. The molecule has 0 unspecified atom stereocenters. The van der Waals surface area contributed by atoms with Crippen LogP contribution in [0.25, 0.3) is 0 Å². The lowest BCUT2D eigenvalue weighted by Gasteiger charge is -2.06. The third kappa shape index (κ3) is 3.95. The fourth-order valence-electron chi connectivity index (χ4n) is 1.78. The topological polar surface area (TPSA) is 72.2 Å². The number of rotatable bonds is 5. The van der Waals surface area contributed by atoms with Crippen LogP contribution >= 0.6 is 0 Å². The van der Waals surface area contributed by atoms with Crippen LogP contribution in [0.15, 0.2) is 54.6 Å². The summed E-state index contributed by atoms with van der Waals surface area (Å²) < 4.78 is 0. The van der Waals surface area contributed by atoms with E-state index in [0.717, 1.165) is 11.1 Å². The quantitative estimate of drug-likeness (QED) is 0.864. The van der Waals surface area contributed by atoms with Crippen LogP contribution < -0.4 is 11.1 Å². The van der Waals surface area contributed by atoms with E-state index in [1.165, 1.54) is 6.42 Å². The van der Waals surface area contributed by atoms with Gasteiger partial charge in [0.15, 0.2) is 0 Å². The van der Waals surface area contributed by atoms with Crippen LogP contribution in [0.2, 0.25) is 0 Å². The van der Waals surface area contributed by atoms with Gasteiger partial charge in [0.05, 0.1) is 6.42 Å². The second-order valence-corrected chi connectivity index (χ2v) is 4.34. The van der Waals surface area contributed by atoms with Crippen LogP contribution in [0.1, 0.15) is 21.5 Å². The van der Waals surface area contributed by atoms with Gasteiger partial charge in [0.25, 0.3) is 0 Å². The maximum Gasteiger partial charge on any atom is 0.248 e. The van der Waals surface area contributed by atoms with Crippen molar-refractivity contribution in [3.05, 3.63) is 77.7 Å². The second-order valence-electron chi connectivity index (χ2n) is 4.34. The van der Waals surface area contributed by atoms with Crippen LogP contribution in [0.3, 0.4) is 0 Å². The van der Waals surface area contributed by atoms with Crippen molar-refractivity contribution >= 4 is 11.8 Å². The van der Waals surface area contributed by atoms with E-state index in [1.807, 2.05) is 36.4 Å². The minimum atomic E-state index is -0.478. The van der Waals surface area contributed by atoms with E-state index in [-0.39, 0.29) is 5.91 Å². The summed E-state index contributed by atoms with van der Waals surface area (Å²) in [6.07, 6.45) is 1.53.